The molecular formula is C25H29N3O4. The van der Waals surface area contributed by atoms with Crippen molar-refractivity contribution in [3.63, 3.8) is 0 Å². The summed E-state index contributed by atoms with van der Waals surface area (Å²) >= 11 is 0. The third kappa shape index (κ3) is 4.33. The Morgan fingerprint density at radius 1 is 1.09 bits per heavy atom. The second-order valence-corrected chi connectivity index (χ2v) is 8.30. The van der Waals surface area contributed by atoms with E-state index in [0.717, 1.165) is 41.9 Å². The molecule has 1 aliphatic heterocycles. The largest absolute Gasteiger partial charge is 0.497 e. The lowest BCUT2D eigenvalue weighted by Gasteiger charge is -2.30. The van der Waals surface area contributed by atoms with Gasteiger partial charge in [0.15, 0.2) is 0 Å². The average Bonchev–Trinajstić information content (AvgIpc) is 3.23. The number of hydrogen-bond donors (Lipinski definition) is 0. The number of nitrogens with zero attached hydrogens (tertiary/aromatic N) is 3. The quantitative estimate of drug-likeness (QED) is 0.666. The van der Waals surface area contributed by atoms with Crippen LogP contribution in [0.2, 0.25) is 0 Å². The van der Waals surface area contributed by atoms with Gasteiger partial charge in [-0.1, -0.05) is 36.8 Å². The molecule has 7 nitrogen and oxygen atoms in total. The Morgan fingerprint density at radius 2 is 1.88 bits per heavy atom. The van der Waals surface area contributed by atoms with Crippen LogP contribution in [0.15, 0.2) is 53.6 Å². The minimum Gasteiger partial charge on any atom is -0.497 e. The third-order valence-corrected chi connectivity index (χ3v) is 6.27. The molecule has 2 aromatic rings. The van der Waals surface area contributed by atoms with Crippen molar-refractivity contribution >= 4 is 17.5 Å². The molecule has 0 saturated heterocycles. The molecule has 0 aromatic heterocycles. The Morgan fingerprint density at radius 3 is 2.56 bits per heavy atom. The van der Waals surface area contributed by atoms with Crippen molar-refractivity contribution in [2.24, 2.45) is 11.0 Å². The zero-order chi connectivity index (χ0) is 22.7. The van der Waals surface area contributed by atoms with Crippen LogP contribution in [0, 0.1) is 5.92 Å². The molecule has 0 bridgehead atoms. The molecule has 2 amide bonds. The SMILES string of the molecule is COc1cccc(C2=NN(C(=O)CN(C)C(=O)C3CCC3)[C@@H](c3ccccc3OC)C2)c1. The van der Waals surface area contributed by atoms with Crippen molar-refractivity contribution in [1.29, 1.82) is 0 Å². The van der Waals surface area contributed by atoms with Gasteiger partial charge >= 0.3 is 0 Å². The molecule has 168 valence electrons. The summed E-state index contributed by atoms with van der Waals surface area (Å²) in [5.74, 6) is 1.31. The number of carbonyl (C=O) groups is 2. The molecule has 7 heteroatoms. The van der Waals surface area contributed by atoms with Gasteiger partial charge in [-0.3, -0.25) is 9.59 Å². The Kier molecular flexibility index (Phi) is 6.44. The Labute approximate surface area is 188 Å². The van der Waals surface area contributed by atoms with Gasteiger partial charge in [0.25, 0.3) is 5.91 Å². The normalized spacial score (nSPS) is 18.0. The lowest BCUT2D eigenvalue weighted by Crippen LogP contribution is -2.42. The van der Waals surface area contributed by atoms with E-state index in [-0.39, 0.29) is 30.3 Å². The number of ether oxygens (including phenoxy) is 2. The molecule has 2 aromatic carbocycles. The fourth-order valence-electron chi connectivity index (χ4n) is 4.22. The predicted octanol–water partition coefficient (Wildman–Crippen LogP) is 3.64. The number of benzene rings is 2. The number of methoxy groups -OCH3 is 2. The van der Waals surface area contributed by atoms with Crippen LogP contribution in [0.4, 0.5) is 0 Å². The number of para-hydroxylation sites is 1. The molecule has 1 heterocycles. The van der Waals surface area contributed by atoms with Crippen molar-refractivity contribution in [3.05, 3.63) is 59.7 Å². The molecule has 0 spiro atoms. The van der Waals surface area contributed by atoms with Gasteiger partial charge in [-0.2, -0.15) is 5.10 Å². The van der Waals surface area contributed by atoms with Crippen LogP contribution < -0.4 is 9.47 Å². The molecule has 0 radical (unpaired) electrons. The summed E-state index contributed by atoms with van der Waals surface area (Å²) in [6.07, 6.45) is 3.43. The highest BCUT2D eigenvalue weighted by Gasteiger charge is 2.36. The first-order valence-electron chi connectivity index (χ1n) is 10.9. The fourth-order valence-corrected chi connectivity index (χ4v) is 4.22. The highest BCUT2D eigenvalue weighted by atomic mass is 16.5. The minimum atomic E-state index is -0.313. The van der Waals surface area contributed by atoms with Crippen molar-refractivity contribution in [2.75, 3.05) is 27.8 Å². The molecule has 4 rings (SSSR count). The summed E-state index contributed by atoms with van der Waals surface area (Å²) in [5.41, 5.74) is 2.58. The topological polar surface area (TPSA) is 71.4 Å². The predicted molar refractivity (Wildman–Crippen MR) is 122 cm³/mol. The molecule has 0 unspecified atom stereocenters. The van der Waals surface area contributed by atoms with Crippen molar-refractivity contribution < 1.29 is 19.1 Å². The van der Waals surface area contributed by atoms with Gasteiger partial charge < -0.3 is 14.4 Å². The van der Waals surface area contributed by atoms with E-state index in [9.17, 15) is 9.59 Å². The number of likely N-dealkylation sites (N-methyl/N-ethyl adjacent to an activating group) is 1. The van der Waals surface area contributed by atoms with Crippen molar-refractivity contribution in [2.45, 2.75) is 31.7 Å². The molecule has 1 aliphatic carbocycles. The van der Waals surface area contributed by atoms with E-state index in [4.69, 9.17) is 14.6 Å². The van der Waals surface area contributed by atoms with E-state index in [0.29, 0.717) is 12.2 Å². The van der Waals surface area contributed by atoms with E-state index in [1.165, 1.54) is 9.91 Å². The van der Waals surface area contributed by atoms with Gasteiger partial charge in [-0.05, 0) is 31.0 Å². The Balaban J connectivity index is 1.62. The standard InChI is InChI=1S/C25H29N3O4/c1-27(25(30)17-8-6-9-17)16-24(29)28-22(20-12-4-5-13-23(20)32-3)15-21(26-28)18-10-7-11-19(14-18)31-2/h4-5,7,10-14,17,22H,6,8-9,15-16H2,1-3H3/t22-/m1/s1. The molecule has 1 fully saturated rings. The van der Waals surface area contributed by atoms with E-state index < -0.39 is 0 Å². The van der Waals surface area contributed by atoms with Gasteiger partial charge in [-0.15, -0.1) is 0 Å². The summed E-state index contributed by atoms with van der Waals surface area (Å²) in [7, 11) is 4.94. The number of hydrazone groups is 1. The van der Waals surface area contributed by atoms with Crippen LogP contribution in [0.1, 0.15) is 42.9 Å². The first-order valence-corrected chi connectivity index (χ1v) is 10.9. The van der Waals surface area contributed by atoms with Crippen LogP contribution in [-0.2, 0) is 9.59 Å². The van der Waals surface area contributed by atoms with Crippen molar-refractivity contribution in [3.8, 4) is 11.5 Å². The van der Waals surface area contributed by atoms with Gasteiger partial charge in [-0.25, -0.2) is 5.01 Å². The first kappa shape index (κ1) is 21.9. The number of carbonyl (C=O) groups excluding carboxylic acids is 2. The van der Waals surface area contributed by atoms with Crippen molar-refractivity contribution in [1.82, 2.24) is 9.91 Å². The number of hydrogen-bond acceptors (Lipinski definition) is 5. The Bertz CT molecular complexity index is 1030. The fraction of sp³-hybridized carbons (Fsp3) is 0.400. The van der Waals surface area contributed by atoms with Crippen LogP contribution in [0.3, 0.4) is 0 Å². The lowest BCUT2D eigenvalue weighted by atomic mass is 9.84. The number of rotatable bonds is 7. The summed E-state index contributed by atoms with van der Waals surface area (Å²) in [5, 5.41) is 6.22. The van der Waals surface area contributed by atoms with Crippen LogP contribution in [0.25, 0.3) is 0 Å². The molecule has 32 heavy (non-hydrogen) atoms. The minimum absolute atomic E-state index is 0.00409. The smallest absolute Gasteiger partial charge is 0.262 e. The summed E-state index contributed by atoms with van der Waals surface area (Å²) in [6, 6.07) is 15.0. The van der Waals surface area contributed by atoms with Gasteiger partial charge in [0, 0.05) is 30.5 Å². The molecule has 0 N–H and O–H groups in total. The molecule has 1 saturated carbocycles. The van der Waals surface area contributed by atoms with Gasteiger partial charge in [0.1, 0.15) is 18.0 Å². The van der Waals surface area contributed by atoms with Crippen LogP contribution >= 0.6 is 0 Å². The molecule has 1 atom stereocenters. The van der Waals surface area contributed by atoms with E-state index in [2.05, 4.69) is 0 Å². The first-order chi connectivity index (χ1) is 15.5. The average molecular weight is 436 g/mol. The molecule has 2 aliphatic rings. The van der Waals surface area contributed by atoms with E-state index in [1.807, 2.05) is 48.5 Å². The second-order valence-electron chi connectivity index (χ2n) is 8.30. The zero-order valence-electron chi connectivity index (χ0n) is 18.8. The zero-order valence-corrected chi connectivity index (χ0v) is 18.8. The van der Waals surface area contributed by atoms with Crippen LogP contribution in [-0.4, -0.2) is 55.2 Å². The monoisotopic (exact) mass is 435 g/mol. The van der Waals surface area contributed by atoms with Gasteiger partial charge in [0.05, 0.1) is 26.0 Å². The maximum atomic E-state index is 13.3. The third-order valence-electron chi connectivity index (χ3n) is 6.27. The number of amides is 2. The Hall–Kier alpha value is -3.35. The van der Waals surface area contributed by atoms with Crippen LogP contribution in [0.5, 0.6) is 11.5 Å². The molecular weight excluding hydrogens is 406 g/mol. The lowest BCUT2D eigenvalue weighted by molar-refractivity contribution is -0.144. The van der Waals surface area contributed by atoms with Gasteiger partial charge in [0.2, 0.25) is 5.91 Å². The maximum absolute atomic E-state index is 13.3. The maximum Gasteiger partial charge on any atom is 0.262 e. The highest BCUT2D eigenvalue weighted by molar-refractivity contribution is 6.03. The van der Waals surface area contributed by atoms with E-state index in [1.54, 1.807) is 21.3 Å². The summed E-state index contributed by atoms with van der Waals surface area (Å²) < 4.78 is 10.9. The highest BCUT2D eigenvalue weighted by Crippen LogP contribution is 2.38. The van der Waals surface area contributed by atoms with E-state index >= 15 is 0 Å². The summed E-state index contributed by atoms with van der Waals surface area (Å²) in [4.78, 5) is 27.4. The summed E-state index contributed by atoms with van der Waals surface area (Å²) in [6.45, 7) is -0.00409. The second kappa shape index (κ2) is 9.42.